The van der Waals surface area contributed by atoms with Crippen molar-refractivity contribution in [2.75, 3.05) is 31.1 Å². The normalized spacial score (nSPS) is 16.1. The lowest BCUT2D eigenvalue weighted by molar-refractivity contribution is 0.207. The fourth-order valence-electron chi connectivity index (χ4n) is 5.50. The molecular weight excluding hydrogens is 460 g/mol. The van der Waals surface area contributed by atoms with E-state index in [1.54, 1.807) is 0 Å². The molecule has 1 saturated heterocycles. The molecule has 1 aromatic heterocycles. The molecule has 1 aliphatic heterocycles. The molecular formula is C31H32N4O2. The highest BCUT2D eigenvalue weighted by Gasteiger charge is 2.28. The average Bonchev–Trinajstić information content (AvgIpc) is 3.33. The van der Waals surface area contributed by atoms with Crippen molar-refractivity contribution < 1.29 is 4.74 Å². The highest BCUT2D eigenvalue weighted by molar-refractivity contribution is 5.57. The number of ether oxygens (including phenoxy) is 1. The van der Waals surface area contributed by atoms with Gasteiger partial charge in [-0.1, -0.05) is 72.3 Å². The number of aryl methyl sites for hydroxylation is 1. The summed E-state index contributed by atoms with van der Waals surface area (Å²) in [6.07, 6.45) is 3.38. The van der Waals surface area contributed by atoms with E-state index in [0.29, 0.717) is 5.75 Å². The van der Waals surface area contributed by atoms with Crippen LogP contribution in [0.5, 0.6) is 5.75 Å². The summed E-state index contributed by atoms with van der Waals surface area (Å²) in [4.78, 5) is 18.5. The zero-order valence-electron chi connectivity index (χ0n) is 21.2. The van der Waals surface area contributed by atoms with Gasteiger partial charge in [-0.3, -0.25) is 9.69 Å². The van der Waals surface area contributed by atoms with E-state index in [1.165, 1.54) is 26.9 Å². The van der Waals surface area contributed by atoms with Crippen LogP contribution in [0.25, 0.3) is 5.69 Å². The van der Waals surface area contributed by atoms with Crippen LogP contribution in [0.15, 0.2) is 89.9 Å². The molecule has 0 radical (unpaired) electrons. The van der Waals surface area contributed by atoms with E-state index in [-0.39, 0.29) is 11.7 Å². The van der Waals surface area contributed by atoms with E-state index in [4.69, 9.17) is 4.74 Å². The Kier molecular flexibility index (Phi) is 6.49. The maximum Gasteiger partial charge on any atom is 0.316 e. The van der Waals surface area contributed by atoms with Crippen LogP contribution in [0.1, 0.15) is 22.3 Å². The standard InChI is InChI=1S/C31H32N4O2/c1-23-8-7-9-24(18-23)22-33-14-16-34(17-15-33)29-21-32-35(27-12-3-2-4-13-27)31(36)30(29)37-28-19-25-10-5-6-11-26(25)20-28/h2-13,18,21,28H,14-17,19-20,22H2,1H3. The molecule has 2 aliphatic rings. The van der Waals surface area contributed by atoms with Gasteiger partial charge in [0.2, 0.25) is 5.75 Å². The average molecular weight is 493 g/mol. The number of anilines is 1. The minimum Gasteiger partial charge on any atom is -0.482 e. The van der Waals surface area contributed by atoms with E-state index in [0.717, 1.165) is 56.9 Å². The highest BCUT2D eigenvalue weighted by Crippen LogP contribution is 2.30. The number of rotatable bonds is 6. The predicted molar refractivity (Wildman–Crippen MR) is 147 cm³/mol. The second kappa shape index (κ2) is 10.2. The van der Waals surface area contributed by atoms with E-state index in [9.17, 15) is 4.79 Å². The lowest BCUT2D eigenvalue weighted by Gasteiger charge is -2.36. The van der Waals surface area contributed by atoms with Crippen molar-refractivity contribution >= 4 is 5.69 Å². The third kappa shape index (κ3) is 5.02. The van der Waals surface area contributed by atoms with Gasteiger partial charge in [0.05, 0.1) is 11.9 Å². The molecule has 1 fully saturated rings. The Bertz CT molecular complexity index is 1420. The molecule has 6 nitrogen and oxygen atoms in total. The van der Waals surface area contributed by atoms with Crippen LogP contribution < -0.4 is 15.2 Å². The summed E-state index contributed by atoms with van der Waals surface area (Å²) in [5.74, 6) is 0.406. The van der Waals surface area contributed by atoms with Gasteiger partial charge in [0.25, 0.3) is 0 Å². The predicted octanol–water partition coefficient (Wildman–Crippen LogP) is 4.41. The number of nitrogens with zero attached hydrogens (tertiary/aromatic N) is 4. The van der Waals surface area contributed by atoms with Gasteiger partial charge in [0.1, 0.15) is 11.8 Å². The van der Waals surface area contributed by atoms with Crippen LogP contribution in [-0.2, 0) is 19.4 Å². The summed E-state index contributed by atoms with van der Waals surface area (Å²) < 4.78 is 8.00. The van der Waals surface area contributed by atoms with Gasteiger partial charge in [-0.25, -0.2) is 0 Å². The molecule has 3 aromatic carbocycles. The van der Waals surface area contributed by atoms with Crippen molar-refractivity contribution in [1.82, 2.24) is 14.7 Å². The van der Waals surface area contributed by atoms with Crippen LogP contribution in [0.4, 0.5) is 5.69 Å². The first-order valence-corrected chi connectivity index (χ1v) is 13.1. The zero-order chi connectivity index (χ0) is 25.2. The topological polar surface area (TPSA) is 50.6 Å². The molecule has 6 heteroatoms. The highest BCUT2D eigenvalue weighted by atomic mass is 16.5. The molecule has 0 atom stereocenters. The summed E-state index contributed by atoms with van der Waals surface area (Å²) in [6, 6.07) is 26.7. The first kappa shape index (κ1) is 23.5. The molecule has 4 aromatic rings. The third-order valence-electron chi connectivity index (χ3n) is 7.42. The molecule has 0 amide bonds. The van der Waals surface area contributed by atoms with Crippen LogP contribution in [0.2, 0.25) is 0 Å². The van der Waals surface area contributed by atoms with Gasteiger partial charge in [-0.15, -0.1) is 0 Å². The second-order valence-corrected chi connectivity index (χ2v) is 10.1. The maximum absolute atomic E-state index is 13.8. The molecule has 6 rings (SSSR count). The first-order valence-electron chi connectivity index (χ1n) is 13.1. The molecule has 37 heavy (non-hydrogen) atoms. The molecule has 0 spiro atoms. The van der Waals surface area contributed by atoms with Crippen molar-refractivity contribution in [3.05, 3.63) is 118 Å². The number of benzene rings is 3. The summed E-state index contributed by atoms with van der Waals surface area (Å²) >= 11 is 0. The first-order chi connectivity index (χ1) is 18.1. The van der Waals surface area contributed by atoms with Crippen molar-refractivity contribution in [3.8, 4) is 11.4 Å². The number of aromatic nitrogens is 2. The Balaban J connectivity index is 1.25. The fourth-order valence-corrected chi connectivity index (χ4v) is 5.50. The van der Waals surface area contributed by atoms with Crippen molar-refractivity contribution in [1.29, 1.82) is 0 Å². The fraction of sp³-hybridized carbons (Fsp3) is 0.290. The van der Waals surface area contributed by atoms with Crippen LogP contribution >= 0.6 is 0 Å². The summed E-state index contributed by atoms with van der Waals surface area (Å²) in [7, 11) is 0. The molecule has 0 bridgehead atoms. The third-order valence-corrected chi connectivity index (χ3v) is 7.42. The second-order valence-electron chi connectivity index (χ2n) is 10.1. The van der Waals surface area contributed by atoms with Gasteiger partial charge >= 0.3 is 5.56 Å². The lowest BCUT2D eigenvalue weighted by Crippen LogP contribution is -2.46. The summed E-state index contributed by atoms with van der Waals surface area (Å²) in [5, 5.41) is 4.56. The smallest absolute Gasteiger partial charge is 0.316 e. The molecule has 0 unspecified atom stereocenters. The lowest BCUT2D eigenvalue weighted by atomic mass is 10.1. The molecule has 2 heterocycles. The quantitative estimate of drug-likeness (QED) is 0.399. The number of fused-ring (bicyclic) bond motifs is 1. The van der Waals surface area contributed by atoms with Crippen LogP contribution in [0.3, 0.4) is 0 Å². The Hall–Kier alpha value is -3.90. The monoisotopic (exact) mass is 492 g/mol. The largest absolute Gasteiger partial charge is 0.482 e. The van der Waals surface area contributed by atoms with Crippen LogP contribution in [-0.4, -0.2) is 47.0 Å². The Morgan fingerprint density at radius 3 is 2.27 bits per heavy atom. The summed E-state index contributed by atoms with van der Waals surface area (Å²) in [6.45, 7) is 6.56. The molecule has 188 valence electrons. The zero-order valence-corrected chi connectivity index (χ0v) is 21.2. The van der Waals surface area contributed by atoms with E-state index in [2.05, 4.69) is 70.4 Å². The van der Waals surface area contributed by atoms with Gasteiger partial charge in [0.15, 0.2) is 0 Å². The van der Waals surface area contributed by atoms with E-state index < -0.39 is 0 Å². The Morgan fingerprint density at radius 1 is 0.865 bits per heavy atom. The minimum absolute atomic E-state index is 0.0573. The Morgan fingerprint density at radius 2 is 1.57 bits per heavy atom. The van der Waals surface area contributed by atoms with Crippen molar-refractivity contribution in [3.63, 3.8) is 0 Å². The minimum atomic E-state index is -0.207. The van der Waals surface area contributed by atoms with E-state index >= 15 is 0 Å². The van der Waals surface area contributed by atoms with Crippen molar-refractivity contribution in [2.45, 2.75) is 32.4 Å². The molecule has 1 aliphatic carbocycles. The van der Waals surface area contributed by atoms with E-state index in [1.807, 2.05) is 36.5 Å². The van der Waals surface area contributed by atoms with Gasteiger partial charge in [0, 0.05) is 45.6 Å². The van der Waals surface area contributed by atoms with Crippen LogP contribution in [0, 0.1) is 6.92 Å². The number of hydrogen-bond donors (Lipinski definition) is 0. The van der Waals surface area contributed by atoms with Crippen molar-refractivity contribution in [2.24, 2.45) is 0 Å². The number of piperazine rings is 1. The van der Waals surface area contributed by atoms with Gasteiger partial charge < -0.3 is 9.64 Å². The maximum atomic E-state index is 13.8. The molecule has 0 N–H and O–H groups in total. The summed E-state index contributed by atoms with van der Waals surface area (Å²) in [5.41, 5.74) is 6.56. The van der Waals surface area contributed by atoms with Gasteiger partial charge in [-0.05, 0) is 35.7 Å². The molecule has 0 saturated carbocycles. The number of para-hydroxylation sites is 1. The Labute approximate surface area is 217 Å². The van der Waals surface area contributed by atoms with Gasteiger partial charge in [-0.2, -0.15) is 9.78 Å². The SMILES string of the molecule is Cc1cccc(CN2CCN(c3cnn(-c4ccccc4)c(=O)c3OC3Cc4ccccc4C3)CC2)c1. The number of hydrogen-bond acceptors (Lipinski definition) is 5.